The van der Waals surface area contributed by atoms with Crippen LogP contribution in [-0.4, -0.2) is 42.1 Å². The van der Waals surface area contributed by atoms with Crippen LogP contribution in [0.25, 0.3) is 0 Å². The number of hydrogen-bond donors (Lipinski definition) is 1. The summed E-state index contributed by atoms with van der Waals surface area (Å²) < 4.78 is 41.9. The minimum atomic E-state index is -4.05. The molecule has 0 aromatic heterocycles. The van der Waals surface area contributed by atoms with Crippen molar-refractivity contribution in [3.63, 3.8) is 0 Å². The molecule has 7 nitrogen and oxygen atoms in total. The predicted octanol–water partition coefficient (Wildman–Crippen LogP) is 3.52. The first-order valence-electron chi connectivity index (χ1n) is 8.83. The highest BCUT2D eigenvalue weighted by Crippen LogP contribution is 2.31. The molecule has 0 radical (unpaired) electrons. The lowest BCUT2D eigenvalue weighted by molar-refractivity contribution is -0.128. The van der Waals surface area contributed by atoms with Crippen molar-refractivity contribution in [2.24, 2.45) is 4.40 Å². The van der Waals surface area contributed by atoms with Gasteiger partial charge in [0.1, 0.15) is 11.1 Å². The average molecular weight is 470 g/mol. The summed E-state index contributed by atoms with van der Waals surface area (Å²) in [5.41, 5.74) is 0.392. The molecule has 2 aromatic carbocycles. The lowest BCUT2D eigenvalue weighted by atomic mass is 10.2. The number of sulfonamides is 1. The molecular weight excluding hydrogens is 453 g/mol. The molecule has 1 unspecified atom stereocenters. The van der Waals surface area contributed by atoms with E-state index in [-0.39, 0.29) is 23.0 Å². The van der Waals surface area contributed by atoms with E-state index in [9.17, 15) is 22.4 Å². The lowest BCUT2D eigenvalue weighted by Crippen LogP contribution is -2.33. The second kappa shape index (κ2) is 9.15. The van der Waals surface area contributed by atoms with E-state index < -0.39 is 32.9 Å². The molecule has 1 atom stereocenters. The fourth-order valence-electron chi connectivity index (χ4n) is 2.68. The molecule has 1 aliphatic rings. The zero-order chi connectivity index (χ0) is 21.9. The van der Waals surface area contributed by atoms with Gasteiger partial charge in [-0.1, -0.05) is 23.4 Å². The van der Waals surface area contributed by atoms with Crippen molar-refractivity contribution in [3.8, 4) is 0 Å². The number of rotatable bonds is 6. The maximum Gasteiger partial charge on any atom is 0.284 e. The molecule has 1 heterocycles. The van der Waals surface area contributed by atoms with Crippen LogP contribution in [0.15, 0.2) is 57.8 Å². The first-order chi connectivity index (χ1) is 14.2. The van der Waals surface area contributed by atoms with E-state index in [4.69, 9.17) is 11.6 Å². The van der Waals surface area contributed by atoms with Crippen LogP contribution in [0, 0.1) is 5.82 Å². The number of benzene rings is 2. The number of carbonyl (C=O) groups excluding carboxylic acids is 2. The molecule has 1 fully saturated rings. The van der Waals surface area contributed by atoms with Gasteiger partial charge >= 0.3 is 0 Å². The van der Waals surface area contributed by atoms with Gasteiger partial charge in [-0.25, -0.2) is 4.39 Å². The second-order valence-electron chi connectivity index (χ2n) is 6.25. The third kappa shape index (κ3) is 5.18. The Morgan fingerprint density at radius 1 is 1.20 bits per heavy atom. The molecule has 3 rings (SSSR count). The summed E-state index contributed by atoms with van der Waals surface area (Å²) in [6, 6.07) is 10.7. The monoisotopic (exact) mass is 469 g/mol. The summed E-state index contributed by atoms with van der Waals surface area (Å²) in [5.74, 6) is -1.29. The van der Waals surface area contributed by atoms with Gasteiger partial charge in [-0.05, 0) is 55.5 Å². The molecular formula is C19H17ClFN3O4S2. The molecule has 1 aliphatic heterocycles. The number of thioether (sulfide) groups is 1. The van der Waals surface area contributed by atoms with Gasteiger partial charge < -0.3 is 5.32 Å². The van der Waals surface area contributed by atoms with Crippen LogP contribution in [0.1, 0.15) is 13.3 Å². The first kappa shape index (κ1) is 22.3. The van der Waals surface area contributed by atoms with Gasteiger partial charge in [0.25, 0.3) is 10.0 Å². The van der Waals surface area contributed by atoms with Crippen molar-refractivity contribution in [3.05, 3.63) is 59.4 Å². The number of amidine groups is 1. The third-order valence-corrected chi connectivity index (χ3v) is 6.97. The fraction of sp³-hybridized carbons (Fsp3) is 0.211. The summed E-state index contributed by atoms with van der Waals surface area (Å²) in [4.78, 5) is 26.1. The van der Waals surface area contributed by atoms with E-state index in [2.05, 4.69) is 9.71 Å². The van der Waals surface area contributed by atoms with E-state index in [0.717, 1.165) is 11.8 Å². The minimum absolute atomic E-state index is 0.0111. The van der Waals surface area contributed by atoms with Crippen molar-refractivity contribution in [1.29, 1.82) is 0 Å². The topological polar surface area (TPSA) is 95.9 Å². The highest BCUT2D eigenvalue weighted by atomic mass is 35.5. The number of carbonyl (C=O) groups is 2. The smallest absolute Gasteiger partial charge is 0.284 e. The number of anilines is 1. The highest BCUT2D eigenvalue weighted by Gasteiger charge is 2.39. The zero-order valence-electron chi connectivity index (χ0n) is 15.7. The Hall–Kier alpha value is -2.43. The maximum absolute atomic E-state index is 13.0. The fourth-order valence-corrected chi connectivity index (χ4v) is 5.22. The quantitative estimate of drug-likeness (QED) is 0.698. The largest absolute Gasteiger partial charge is 0.326 e. The van der Waals surface area contributed by atoms with E-state index in [1.54, 1.807) is 6.92 Å². The van der Waals surface area contributed by atoms with Gasteiger partial charge in [-0.2, -0.15) is 8.42 Å². The lowest BCUT2D eigenvalue weighted by Gasteiger charge is -2.13. The number of hydrogen-bond acceptors (Lipinski definition) is 5. The SMILES string of the molecule is CCN1C(=O)C(CC(=O)Nc2ccc(F)cc2)S/C1=N/S(=O)(=O)c1ccc(Cl)cc1. The highest BCUT2D eigenvalue weighted by molar-refractivity contribution is 8.16. The third-order valence-electron chi connectivity index (χ3n) is 4.14. The van der Waals surface area contributed by atoms with Crippen LogP contribution in [0.4, 0.5) is 10.1 Å². The van der Waals surface area contributed by atoms with E-state index >= 15 is 0 Å². The van der Waals surface area contributed by atoms with Crippen molar-refractivity contribution in [1.82, 2.24) is 4.90 Å². The van der Waals surface area contributed by atoms with Crippen molar-refractivity contribution in [2.45, 2.75) is 23.5 Å². The van der Waals surface area contributed by atoms with Crippen molar-refractivity contribution in [2.75, 3.05) is 11.9 Å². The molecule has 1 N–H and O–H groups in total. The molecule has 2 aromatic rings. The first-order valence-corrected chi connectivity index (χ1v) is 11.5. The molecule has 0 bridgehead atoms. The number of nitrogens with zero attached hydrogens (tertiary/aromatic N) is 2. The molecule has 0 spiro atoms. The van der Waals surface area contributed by atoms with Crippen LogP contribution < -0.4 is 5.32 Å². The molecule has 0 aliphatic carbocycles. The van der Waals surface area contributed by atoms with Gasteiger partial charge in [-0.15, -0.1) is 4.40 Å². The van der Waals surface area contributed by atoms with Gasteiger partial charge in [0.15, 0.2) is 5.17 Å². The molecule has 158 valence electrons. The molecule has 2 amide bonds. The Labute approximate surface area is 182 Å². The molecule has 30 heavy (non-hydrogen) atoms. The molecule has 1 saturated heterocycles. The Kier molecular flexibility index (Phi) is 6.79. The second-order valence-corrected chi connectivity index (χ2v) is 9.46. The van der Waals surface area contributed by atoms with E-state index in [0.29, 0.717) is 10.7 Å². The van der Waals surface area contributed by atoms with Gasteiger partial charge in [0.05, 0.1) is 4.90 Å². The summed E-state index contributed by atoms with van der Waals surface area (Å²) in [6.45, 7) is 1.89. The zero-order valence-corrected chi connectivity index (χ0v) is 18.1. The maximum atomic E-state index is 13.0. The predicted molar refractivity (Wildman–Crippen MR) is 114 cm³/mol. The Bertz CT molecular complexity index is 1090. The summed E-state index contributed by atoms with van der Waals surface area (Å²) in [7, 11) is -4.05. The molecule has 11 heteroatoms. The Balaban J connectivity index is 1.75. The van der Waals surface area contributed by atoms with Crippen LogP contribution in [0.3, 0.4) is 0 Å². The minimum Gasteiger partial charge on any atom is -0.326 e. The standard InChI is InChI=1S/C19H17ClFN3O4S2/c1-2-24-18(26)16(11-17(25)22-14-7-5-13(21)6-8-14)29-19(24)23-30(27,28)15-9-3-12(20)4-10-15/h3-10,16H,2,11H2,1H3,(H,22,25)/b23-19+. The summed E-state index contributed by atoms with van der Waals surface area (Å²) in [5, 5.41) is 2.16. The average Bonchev–Trinajstić information content (AvgIpc) is 2.97. The van der Waals surface area contributed by atoms with Crippen LogP contribution in [0.2, 0.25) is 5.02 Å². The van der Waals surface area contributed by atoms with Gasteiger partial charge in [0, 0.05) is 23.7 Å². The van der Waals surface area contributed by atoms with Crippen LogP contribution in [-0.2, 0) is 19.6 Å². The van der Waals surface area contributed by atoms with Crippen LogP contribution in [0.5, 0.6) is 0 Å². The summed E-state index contributed by atoms with van der Waals surface area (Å²) in [6.07, 6.45) is -0.183. The van der Waals surface area contributed by atoms with Crippen molar-refractivity contribution < 1.29 is 22.4 Å². The summed E-state index contributed by atoms with van der Waals surface area (Å²) >= 11 is 6.70. The van der Waals surface area contributed by atoms with E-state index in [1.165, 1.54) is 53.4 Å². The Morgan fingerprint density at radius 3 is 2.43 bits per heavy atom. The van der Waals surface area contributed by atoms with Gasteiger partial charge in [0.2, 0.25) is 11.8 Å². The Morgan fingerprint density at radius 2 is 1.83 bits per heavy atom. The number of nitrogens with one attached hydrogen (secondary N) is 1. The van der Waals surface area contributed by atoms with Gasteiger partial charge in [-0.3, -0.25) is 14.5 Å². The van der Waals surface area contributed by atoms with Crippen LogP contribution >= 0.6 is 23.4 Å². The normalized spacial score (nSPS) is 18.1. The van der Waals surface area contributed by atoms with E-state index in [1.807, 2.05) is 0 Å². The van der Waals surface area contributed by atoms with Crippen molar-refractivity contribution >= 4 is 56.1 Å². The molecule has 0 saturated carbocycles. The number of halogens is 2. The number of amides is 2.